The Morgan fingerprint density at radius 3 is 2.85 bits per heavy atom. The highest BCUT2D eigenvalue weighted by atomic mass is 35.5. The number of H-pyrrole nitrogens is 1. The molecule has 0 radical (unpaired) electrons. The Kier molecular flexibility index (Phi) is 4.00. The normalized spacial score (nSPS) is 11.1. The molecule has 20 heavy (non-hydrogen) atoms. The van der Waals surface area contributed by atoms with Gasteiger partial charge in [-0.25, -0.2) is 4.98 Å². The minimum absolute atomic E-state index is 0.785. The average Bonchev–Trinajstić information content (AvgIpc) is 2.89. The van der Waals surface area contributed by atoms with Crippen molar-refractivity contribution in [1.82, 2.24) is 15.3 Å². The molecule has 2 aromatic heterocycles. The van der Waals surface area contributed by atoms with Crippen LogP contribution in [0.5, 0.6) is 0 Å². The molecular formula is C16H16ClN3. The number of aromatic nitrogens is 2. The van der Waals surface area contributed by atoms with Gasteiger partial charge in [-0.2, -0.15) is 0 Å². The van der Waals surface area contributed by atoms with Crippen LogP contribution in [0.1, 0.15) is 11.1 Å². The van der Waals surface area contributed by atoms with Crippen LogP contribution in [0.25, 0.3) is 11.0 Å². The number of nitrogens with zero attached hydrogens (tertiary/aromatic N) is 1. The Morgan fingerprint density at radius 2 is 2.00 bits per heavy atom. The van der Waals surface area contributed by atoms with Crippen LogP contribution in [0.4, 0.5) is 0 Å². The van der Waals surface area contributed by atoms with Crippen molar-refractivity contribution in [1.29, 1.82) is 0 Å². The number of hydrogen-bond acceptors (Lipinski definition) is 2. The molecule has 0 spiro atoms. The highest BCUT2D eigenvalue weighted by Crippen LogP contribution is 2.15. The van der Waals surface area contributed by atoms with Gasteiger partial charge in [-0.3, -0.25) is 0 Å². The SMILES string of the molecule is Clc1ccc(CCNCc2c[nH]c3ncccc23)cc1. The zero-order valence-electron chi connectivity index (χ0n) is 11.1. The Hall–Kier alpha value is -1.84. The molecule has 0 aliphatic carbocycles. The van der Waals surface area contributed by atoms with Crippen molar-refractivity contribution in [2.75, 3.05) is 6.54 Å². The summed E-state index contributed by atoms with van der Waals surface area (Å²) >= 11 is 5.87. The van der Waals surface area contributed by atoms with Crippen LogP contribution in [-0.4, -0.2) is 16.5 Å². The van der Waals surface area contributed by atoms with Crippen LogP contribution >= 0.6 is 11.6 Å². The number of aromatic amines is 1. The predicted molar refractivity (Wildman–Crippen MR) is 83.0 cm³/mol. The molecule has 0 unspecified atom stereocenters. The van der Waals surface area contributed by atoms with E-state index in [1.807, 2.05) is 24.4 Å². The van der Waals surface area contributed by atoms with Crippen LogP contribution in [0.3, 0.4) is 0 Å². The maximum absolute atomic E-state index is 5.87. The minimum atomic E-state index is 0.785. The molecule has 0 bridgehead atoms. The first-order valence-corrected chi connectivity index (χ1v) is 7.07. The van der Waals surface area contributed by atoms with E-state index in [9.17, 15) is 0 Å². The van der Waals surface area contributed by atoms with Crippen LogP contribution < -0.4 is 5.32 Å². The second-order valence-corrected chi connectivity index (χ2v) is 5.20. The van der Waals surface area contributed by atoms with E-state index in [-0.39, 0.29) is 0 Å². The van der Waals surface area contributed by atoms with Gasteiger partial charge in [0.25, 0.3) is 0 Å². The largest absolute Gasteiger partial charge is 0.346 e. The van der Waals surface area contributed by atoms with Crippen molar-refractivity contribution in [2.24, 2.45) is 0 Å². The van der Waals surface area contributed by atoms with Crippen molar-refractivity contribution in [3.8, 4) is 0 Å². The number of rotatable bonds is 5. The molecule has 3 nitrogen and oxygen atoms in total. The predicted octanol–water partition coefficient (Wildman–Crippen LogP) is 3.55. The van der Waals surface area contributed by atoms with E-state index in [0.29, 0.717) is 0 Å². The van der Waals surface area contributed by atoms with Crippen LogP contribution in [-0.2, 0) is 13.0 Å². The molecule has 2 heterocycles. The van der Waals surface area contributed by atoms with Gasteiger partial charge in [0, 0.05) is 29.3 Å². The Labute approximate surface area is 123 Å². The molecule has 102 valence electrons. The van der Waals surface area contributed by atoms with Gasteiger partial charge in [-0.05, 0) is 48.4 Å². The third-order valence-corrected chi connectivity index (χ3v) is 3.61. The van der Waals surface area contributed by atoms with Gasteiger partial charge in [-0.1, -0.05) is 23.7 Å². The maximum atomic E-state index is 5.87. The van der Waals surface area contributed by atoms with E-state index in [0.717, 1.165) is 30.2 Å². The monoisotopic (exact) mass is 285 g/mol. The Bertz CT molecular complexity index is 688. The average molecular weight is 286 g/mol. The smallest absolute Gasteiger partial charge is 0.137 e. The summed E-state index contributed by atoms with van der Waals surface area (Å²) in [6.45, 7) is 1.79. The summed E-state index contributed by atoms with van der Waals surface area (Å²) in [4.78, 5) is 7.48. The maximum Gasteiger partial charge on any atom is 0.137 e. The number of fused-ring (bicyclic) bond motifs is 1. The molecular weight excluding hydrogens is 270 g/mol. The third kappa shape index (κ3) is 3.00. The van der Waals surface area contributed by atoms with Gasteiger partial charge in [0.15, 0.2) is 0 Å². The van der Waals surface area contributed by atoms with E-state index in [1.54, 1.807) is 6.20 Å². The fraction of sp³-hybridized carbons (Fsp3) is 0.188. The van der Waals surface area contributed by atoms with Gasteiger partial charge >= 0.3 is 0 Å². The van der Waals surface area contributed by atoms with Crippen LogP contribution in [0.15, 0.2) is 48.8 Å². The molecule has 2 N–H and O–H groups in total. The highest BCUT2D eigenvalue weighted by molar-refractivity contribution is 6.30. The van der Waals surface area contributed by atoms with E-state index in [1.165, 1.54) is 16.5 Å². The highest BCUT2D eigenvalue weighted by Gasteiger charge is 2.02. The minimum Gasteiger partial charge on any atom is -0.346 e. The Morgan fingerprint density at radius 1 is 1.15 bits per heavy atom. The van der Waals surface area contributed by atoms with Crippen molar-refractivity contribution in [3.05, 3.63) is 64.9 Å². The summed E-state index contributed by atoms with van der Waals surface area (Å²) in [5.41, 5.74) is 3.49. The number of halogens is 1. The van der Waals surface area contributed by atoms with Crippen molar-refractivity contribution >= 4 is 22.6 Å². The summed E-state index contributed by atoms with van der Waals surface area (Å²) in [5.74, 6) is 0. The molecule has 0 saturated carbocycles. The van der Waals surface area contributed by atoms with E-state index >= 15 is 0 Å². The van der Waals surface area contributed by atoms with Gasteiger partial charge in [0.05, 0.1) is 0 Å². The van der Waals surface area contributed by atoms with Gasteiger partial charge in [0.2, 0.25) is 0 Å². The molecule has 0 aliphatic heterocycles. The first kappa shape index (κ1) is 13.2. The second-order valence-electron chi connectivity index (χ2n) is 4.77. The molecule has 0 amide bonds. The fourth-order valence-electron chi connectivity index (χ4n) is 2.27. The zero-order chi connectivity index (χ0) is 13.8. The standard InChI is InChI=1S/C16H16ClN3/c17-14-5-3-12(4-6-14)7-9-18-10-13-11-20-16-15(13)2-1-8-19-16/h1-6,8,11,18H,7,9-10H2,(H,19,20). The van der Waals surface area contributed by atoms with Crippen molar-refractivity contribution < 1.29 is 0 Å². The lowest BCUT2D eigenvalue weighted by Gasteiger charge is -2.04. The van der Waals surface area contributed by atoms with E-state index < -0.39 is 0 Å². The molecule has 0 atom stereocenters. The molecule has 0 aliphatic rings. The summed E-state index contributed by atoms with van der Waals surface area (Å²) in [5, 5.41) is 5.43. The lowest BCUT2D eigenvalue weighted by atomic mass is 10.1. The zero-order valence-corrected chi connectivity index (χ0v) is 11.8. The molecule has 0 fully saturated rings. The third-order valence-electron chi connectivity index (χ3n) is 3.36. The quantitative estimate of drug-likeness (QED) is 0.704. The van der Waals surface area contributed by atoms with Gasteiger partial charge in [-0.15, -0.1) is 0 Å². The topological polar surface area (TPSA) is 40.7 Å². The van der Waals surface area contributed by atoms with Gasteiger partial charge in [0.1, 0.15) is 5.65 Å². The summed E-state index contributed by atoms with van der Waals surface area (Å²) in [6, 6.07) is 12.1. The van der Waals surface area contributed by atoms with Gasteiger partial charge < -0.3 is 10.3 Å². The molecule has 3 rings (SSSR count). The molecule has 0 saturated heterocycles. The Balaban J connectivity index is 1.54. The van der Waals surface area contributed by atoms with Crippen LogP contribution in [0, 0.1) is 0 Å². The summed E-state index contributed by atoms with van der Waals surface area (Å²) < 4.78 is 0. The molecule has 4 heteroatoms. The second kappa shape index (κ2) is 6.07. The lowest BCUT2D eigenvalue weighted by Crippen LogP contribution is -2.16. The number of hydrogen-bond donors (Lipinski definition) is 2. The number of nitrogens with one attached hydrogen (secondary N) is 2. The molecule has 1 aromatic carbocycles. The van der Waals surface area contributed by atoms with Crippen molar-refractivity contribution in [2.45, 2.75) is 13.0 Å². The summed E-state index contributed by atoms with van der Waals surface area (Å²) in [6.07, 6.45) is 4.82. The van der Waals surface area contributed by atoms with E-state index in [4.69, 9.17) is 11.6 Å². The first-order valence-electron chi connectivity index (χ1n) is 6.69. The number of pyridine rings is 1. The van der Waals surface area contributed by atoms with E-state index in [2.05, 4.69) is 33.5 Å². The molecule has 3 aromatic rings. The summed E-state index contributed by atoms with van der Waals surface area (Å²) in [7, 11) is 0. The lowest BCUT2D eigenvalue weighted by molar-refractivity contribution is 0.689. The first-order chi connectivity index (χ1) is 9.83. The fourth-order valence-corrected chi connectivity index (χ4v) is 2.39. The van der Waals surface area contributed by atoms with Crippen LogP contribution in [0.2, 0.25) is 5.02 Å². The number of benzene rings is 1. The van der Waals surface area contributed by atoms with Crippen molar-refractivity contribution in [3.63, 3.8) is 0 Å².